The summed E-state index contributed by atoms with van der Waals surface area (Å²) in [6.07, 6.45) is 8.65. The molecule has 0 aromatic heterocycles. The molecule has 2 rings (SSSR count). The van der Waals surface area contributed by atoms with E-state index in [1.807, 2.05) is 18.2 Å². The monoisotopic (exact) mass is 245 g/mol. The molecule has 0 saturated heterocycles. The highest BCUT2D eigenvalue weighted by atomic mass is 16.3. The summed E-state index contributed by atoms with van der Waals surface area (Å²) in [5.74, 6) is 0.612. The molecule has 2 heteroatoms. The van der Waals surface area contributed by atoms with E-state index in [4.69, 9.17) is 0 Å². The first-order valence-corrected chi connectivity index (χ1v) is 6.99. The molecule has 0 heterocycles. The third kappa shape index (κ3) is 3.88. The van der Waals surface area contributed by atoms with Crippen LogP contribution in [0.1, 0.15) is 32.1 Å². The van der Waals surface area contributed by atoms with E-state index in [1.54, 1.807) is 0 Å². The minimum absolute atomic E-state index is 0.209. The molecule has 1 aromatic rings. The van der Waals surface area contributed by atoms with Crippen molar-refractivity contribution < 1.29 is 5.11 Å². The minimum atomic E-state index is 0.209. The molecule has 98 valence electrons. The summed E-state index contributed by atoms with van der Waals surface area (Å²) in [5, 5.41) is 12.8. The Hall–Kier alpha value is -1.28. The molecule has 0 aliphatic heterocycles. The van der Waals surface area contributed by atoms with Crippen LogP contribution in [-0.4, -0.2) is 18.3 Å². The van der Waals surface area contributed by atoms with Crippen LogP contribution in [0.15, 0.2) is 42.0 Å². The molecule has 0 bridgehead atoms. The summed E-state index contributed by atoms with van der Waals surface area (Å²) < 4.78 is 0. The smallest absolute Gasteiger partial charge is 0.0645 e. The van der Waals surface area contributed by atoms with Crippen LogP contribution in [0.5, 0.6) is 0 Å². The summed E-state index contributed by atoms with van der Waals surface area (Å²) in [6, 6.07) is 10.2. The van der Waals surface area contributed by atoms with Crippen molar-refractivity contribution in [1.82, 2.24) is 0 Å². The van der Waals surface area contributed by atoms with Gasteiger partial charge in [-0.3, -0.25) is 0 Å². The van der Waals surface area contributed by atoms with Crippen LogP contribution in [0, 0.1) is 5.92 Å². The van der Waals surface area contributed by atoms with Gasteiger partial charge in [0, 0.05) is 12.2 Å². The lowest BCUT2D eigenvalue weighted by Crippen LogP contribution is -2.13. The Morgan fingerprint density at radius 2 is 1.89 bits per heavy atom. The topological polar surface area (TPSA) is 32.3 Å². The highest BCUT2D eigenvalue weighted by Crippen LogP contribution is 2.29. The standard InChI is InChI=1S/C16H23NO/c18-13-15(14-7-3-1-4-8-14)11-12-17-16-9-5-2-6-10-16/h2,5-6,9-11,14,17-18H,1,3-4,7-8,12-13H2/b15-11+. The van der Waals surface area contributed by atoms with E-state index in [2.05, 4.69) is 23.5 Å². The Balaban J connectivity index is 1.85. The van der Waals surface area contributed by atoms with Crippen LogP contribution in [0.4, 0.5) is 5.69 Å². The number of hydrogen-bond donors (Lipinski definition) is 2. The van der Waals surface area contributed by atoms with Crippen molar-refractivity contribution in [3.63, 3.8) is 0 Å². The van der Waals surface area contributed by atoms with Gasteiger partial charge in [0.05, 0.1) is 6.61 Å². The molecule has 0 spiro atoms. The number of rotatable bonds is 5. The molecule has 1 fully saturated rings. The molecule has 0 atom stereocenters. The van der Waals surface area contributed by atoms with E-state index in [0.717, 1.165) is 12.2 Å². The van der Waals surface area contributed by atoms with Gasteiger partial charge in [-0.05, 0) is 36.5 Å². The number of nitrogens with one attached hydrogen (secondary N) is 1. The van der Waals surface area contributed by atoms with Crippen molar-refractivity contribution in [2.75, 3.05) is 18.5 Å². The molecular weight excluding hydrogens is 222 g/mol. The average molecular weight is 245 g/mol. The second kappa shape index (κ2) is 7.22. The SMILES string of the molecule is OC/C(=C\CNc1ccccc1)C1CCCCC1. The lowest BCUT2D eigenvalue weighted by Gasteiger charge is -2.23. The van der Waals surface area contributed by atoms with Crippen LogP contribution in [0.25, 0.3) is 0 Å². The van der Waals surface area contributed by atoms with Crippen LogP contribution in [0.3, 0.4) is 0 Å². The minimum Gasteiger partial charge on any atom is -0.392 e. The van der Waals surface area contributed by atoms with Gasteiger partial charge in [0.2, 0.25) is 0 Å². The van der Waals surface area contributed by atoms with E-state index < -0.39 is 0 Å². The summed E-state index contributed by atoms with van der Waals surface area (Å²) in [7, 11) is 0. The molecule has 0 amide bonds. The first-order valence-electron chi connectivity index (χ1n) is 6.99. The van der Waals surface area contributed by atoms with Gasteiger partial charge in [-0.2, -0.15) is 0 Å². The van der Waals surface area contributed by atoms with Gasteiger partial charge in [0.15, 0.2) is 0 Å². The molecule has 18 heavy (non-hydrogen) atoms. The third-order valence-corrected chi connectivity index (χ3v) is 3.76. The number of aliphatic hydroxyl groups is 1. The Morgan fingerprint density at radius 3 is 2.56 bits per heavy atom. The molecule has 1 aliphatic rings. The third-order valence-electron chi connectivity index (χ3n) is 3.76. The first kappa shape index (κ1) is 13.2. The first-order chi connectivity index (χ1) is 8.90. The highest BCUT2D eigenvalue weighted by Gasteiger charge is 2.16. The Kier molecular flexibility index (Phi) is 5.28. The van der Waals surface area contributed by atoms with Crippen molar-refractivity contribution >= 4 is 5.69 Å². The zero-order chi connectivity index (χ0) is 12.6. The fourth-order valence-corrected chi connectivity index (χ4v) is 2.69. The lowest BCUT2D eigenvalue weighted by molar-refractivity contribution is 0.292. The quantitative estimate of drug-likeness (QED) is 0.777. The summed E-state index contributed by atoms with van der Waals surface area (Å²) >= 11 is 0. The second-order valence-corrected chi connectivity index (χ2v) is 5.02. The predicted octanol–water partition coefficient (Wildman–Crippen LogP) is 3.60. The van der Waals surface area contributed by atoms with Gasteiger partial charge in [0.1, 0.15) is 0 Å². The molecule has 1 saturated carbocycles. The maximum absolute atomic E-state index is 9.48. The number of hydrogen-bond acceptors (Lipinski definition) is 2. The number of anilines is 1. The number of para-hydroxylation sites is 1. The Labute approximate surface area is 110 Å². The maximum Gasteiger partial charge on any atom is 0.0645 e. The van der Waals surface area contributed by atoms with Crippen molar-refractivity contribution in [2.45, 2.75) is 32.1 Å². The van der Waals surface area contributed by atoms with Gasteiger partial charge in [-0.25, -0.2) is 0 Å². The van der Waals surface area contributed by atoms with E-state index in [-0.39, 0.29) is 6.61 Å². The highest BCUT2D eigenvalue weighted by molar-refractivity contribution is 5.43. The van der Waals surface area contributed by atoms with Crippen LogP contribution >= 0.6 is 0 Å². The molecule has 0 radical (unpaired) electrons. The average Bonchev–Trinajstić information content (AvgIpc) is 2.46. The van der Waals surface area contributed by atoms with Crippen LogP contribution in [0.2, 0.25) is 0 Å². The van der Waals surface area contributed by atoms with E-state index in [0.29, 0.717) is 5.92 Å². The van der Waals surface area contributed by atoms with Crippen LogP contribution in [-0.2, 0) is 0 Å². The molecule has 2 nitrogen and oxygen atoms in total. The molecule has 1 aliphatic carbocycles. The van der Waals surface area contributed by atoms with Crippen molar-refractivity contribution in [1.29, 1.82) is 0 Å². The predicted molar refractivity (Wildman–Crippen MR) is 76.7 cm³/mol. The maximum atomic E-state index is 9.48. The zero-order valence-electron chi connectivity index (χ0n) is 10.9. The normalized spacial score (nSPS) is 17.7. The molecule has 2 N–H and O–H groups in total. The molecule has 0 unspecified atom stereocenters. The largest absolute Gasteiger partial charge is 0.392 e. The summed E-state index contributed by atoms with van der Waals surface area (Å²) in [4.78, 5) is 0. The fraction of sp³-hybridized carbons (Fsp3) is 0.500. The van der Waals surface area contributed by atoms with Gasteiger partial charge >= 0.3 is 0 Å². The van der Waals surface area contributed by atoms with Crippen molar-refractivity contribution in [2.24, 2.45) is 5.92 Å². The van der Waals surface area contributed by atoms with E-state index in [1.165, 1.54) is 37.7 Å². The number of benzene rings is 1. The summed E-state index contributed by atoms with van der Waals surface area (Å²) in [5.41, 5.74) is 2.35. The second-order valence-electron chi connectivity index (χ2n) is 5.02. The molecular formula is C16H23NO. The summed E-state index contributed by atoms with van der Waals surface area (Å²) in [6.45, 7) is 1.01. The lowest BCUT2D eigenvalue weighted by atomic mass is 9.84. The van der Waals surface area contributed by atoms with E-state index >= 15 is 0 Å². The molecule has 1 aromatic carbocycles. The Bertz CT molecular complexity index is 366. The van der Waals surface area contributed by atoms with Crippen LogP contribution < -0.4 is 5.32 Å². The zero-order valence-corrected chi connectivity index (χ0v) is 10.9. The van der Waals surface area contributed by atoms with Crippen molar-refractivity contribution in [3.8, 4) is 0 Å². The number of aliphatic hydroxyl groups excluding tert-OH is 1. The van der Waals surface area contributed by atoms with Gasteiger partial charge in [-0.15, -0.1) is 0 Å². The van der Waals surface area contributed by atoms with Gasteiger partial charge in [0.25, 0.3) is 0 Å². The Morgan fingerprint density at radius 1 is 1.17 bits per heavy atom. The fourth-order valence-electron chi connectivity index (χ4n) is 2.69. The van der Waals surface area contributed by atoms with E-state index in [9.17, 15) is 5.11 Å². The van der Waals surface area contributed by atoms with Gasteiger partial charge in [-0.1, -0.05) is 43.5 Å². The van der Waals surface area contributed by atoms with Gasteiger partial charge < -0.3 is 10.4 Å². The van der Waals surface area contributed by atoms with Crippen molar-refractivity contribution in [3.05, 3.63) is 42.0 Å².